The summed E-state index contributed by atoms with van der Waals surface area (Å²) in [5.41, 5.74) is 5.17. The van der Waals surface area contributed by atoms with Gasteiger partial charge in [-0.2, -0.15) is 0 Å². The number of hydrogen-bond acceptors (Lipinski definition) is 6. The number of ether oxygens (including phenoxy) is 2. The van der Waals surface area contributed by atoms with Crippen molar-refractivity contribution < 1.29 is 23.9 Å². The van der Waals surface area contributed by atoms with Crippen molar-refractivity contribution in [3.8, 4) is 0 Å². The Morgan fingerprint density at radius 1 is 1.24 bits per heavy atom. The van der Waals surface area contributed by atoms with Crippen LogP contribution < -0.4 is 16.4 Å². The molecule has 0 saturated carbocycles. The minimum Gasteiger partial charge on any atom is -0.469 e. The Hall–Kier alpha value is -1.83. The molecule has 0 bridgehead atoms. The predicted molar refractivity (Wildman–Crippen MR) is 58.0 cm³/mol. The lowest BCUT2D eigenvalue weighted by Gasteiger charge is -2.06. The summed E-state index contributed by atoms with van der Waals surface area (Å²) in [5.74, 6) is -0.834. The lowest BCUT2D eigenvalue weighted by atomic mass is 10.5. The van der Waals surface area contributed by atoms with Gasteiger partial charge in [-0.25, -0.2) is 4.79 Å². The molecule has 0 aliphatic heterocycles. The van der Waals surface area contributed by atoms with Crippen LogP contribution in [-0.2, 0) is 19.1 Å². The van der Waals surface area contributed by atoms with Crippen LogP contribution in [0.1, 0.15) is 6.42 Å². The van der Waals surface area contributed by atoms with E-state index in [0.29, 0.717) is 13.1 Å². The third-order valence-electron chi connectivity index (χ3n) is 1.63. The van der Waals surface area contributed by atoms with Gasteiger partial charge in [-0.15, -0.1) is 0 Å². The highest BCUT2D eigenvalue weighted by Crippen LogP contribution is 1.86. The minimum absolute atomic E-state index is 0.0245. The van der Waals surface area contributed by atoms with Crippen LogP contribution in [0.3, 0.4) is 0 Å². The van der Waals surface area contributed by atoms with E-state index in [9.17, 15) is 14.4 Å². The summed E-state index contributed by atoms with van der Waals surface area (Å²) in [6.07, 6.45) is -0.791. The first-order valence-corrected chi connectivity index (χ1v) is 5.04. The average Bonchev–Trinajstić information content (AvgIpc) is 2.33. The van der Waals surface area contributed by atoms with Gasteiger partial charge in [0, 0.05) is 13.1 Å². The van der Waals surface area contributed by atoms with Crippen molar-refractivity contribution in [1.82, 2.24) is 10.6 Å². The molecular weight excluding hydrogens is 230 g/mol. The third kappa shape index (κ3) is 9.12. The quantitative estimate of drug-likeness (QED) is 0.464. The number of alkyl carbamates (subject to hydrolysis) is 1. The first kappa shape index (κ1) is 15.2. The molecule has 4 N–H and O–H groups in total. The zero-order chi connectivity index (χ0) is 13.1. The molecule has 8 nitrogen and oxygen atoms in total. The number of esters is 1. The van der Waals surface area contributed by atoms with Gasteiger partial charge in [0.1, 0.15) is 6.61 Å². The number of carbonyl (C=O) groups is 3. The van der Waals surface area contributed by atoms with Crippen LogP contribution in [0.25, 0.3) is 0 Å². The van der Waals surface area contributed by atoms with Crippen molar-refractivity contribution >= 4 is 18.0 Å². The van der Waals surface area contributed by atoms with Crippen LogP contribution in [0.2, 0.25) is 0 Å². The summed E-state index contributed by atoms with van der Waals surface area (Å²) in [4.78, 5) is 32.7. The van der Waals surface area contributed by atoms with Gasteiger partial charge >= 0.3 is 12.1 Å². The highest BCUT2D eigenvalue weighted by Gasteiger charge is 2.07. The van der Waals surface area contributed by atoms with Crippen molar-refractivity contribution in [1.29, 1.82) is 0 Å². The van der Waals surface area contributed by atoms with Crippen LogP contribution in [0.15, 0.2) is 0 Å². The predicted octanol–water partition coefficient (Wildman–Crippen LogP) is -1.65. The fourth-order valence-corrected chi connectivity index (χ4v) is 0.807. The van der Waals surface area contributed by atoms with Gasteiger partial charge < -0.3 is 25.8 Å². The average molecular weight is 247 g/mol. The Labute approximate surface area is 98.8 Å². The number of nitrogens with one attached hydrogen (secondary N) is 2. The zero-order valence-corrected chi connectivity index (χ0v) is 9.65. The summed E-state index contributed by atoms with van der Waals surface area (Å²) in [7, 11) is 1.24. The molecule has 8 heteroatoms. The number of rotatable bonds is 7. The fraction of sp³-hybridized carbons (Fsp3) is 0.667. The van der Waals surface area contributed by atoms with Crippen LogP contribution in [0.4, 0.5) is 4.79 Å². The number of methoxy groups -OCH3 is 1. The summed E-state index contributed by atoms with van der Waals surface area (Å²) >= 11 is 0. The van der Waals surface area contributed by atoms with Gasteiger partial charge in [0.25, 0.3) is 0 Å². The van der Waals surface area contributed by atoms with Gasteiger partial charge in [-0.1, -0.05) is 0 Å². The first-order chi connectivity index (χ1) is 8.10. The molecule has 0 aromatic carbocycles. The van der Waals surface area contributed by atoms with E-state index in [1.807, 2.05) is 0 Å². The summed E-state index contributed by atoms with van der Waals surface area (Å²) < 4.78 is 8.96. The van der Waals surface area contributed by atoms with Crippen LogP contribution in [0.5, 0.6) is 0 Å². The molecule has 0 aromatic heterocycles. The van der Waals surface area contributed by atoms with E-state index in [1.165, 1.54) is 7.11 Å². The van der Waals surface area contributed by atoms with Crippen LogP contribution in [-0.4, -0.2) is 51.3 Å². The second-order valence-electron chi connectivity index (χ2n) is 2.95. The summed E-state index contributed by atoms with van der Waals surface area (Å²) in [6, 6.07) is 0. The highest BCUT2D eigenvalue weighted by molar-refractivity contribution is 5.82. The van der Waals surface area contributed by atoms with Gasteiger partial charge in [0.15, 0.2) is 0 Å². The lowest BCUT2D eigenvalue weighted by Crippen LogP contribution is -2.39. The highest BCUT2D eigenvalue weighted by atomic mass is 16.6. The Morgan fingerprint density at radius 3 is 2.53 bits per heavy atom. The molecule has 98 valence electrons. The Bertz CT molecular complexity index is 269. The zero-order valence-electron chi connectivity index (χ0n) is 9.65. The summed E-state index contributed by atoms with van der Waals surface area (Å²) in [6.45, 7) is 0.382. The molecule has 0 radical (unpaired) electrons. The molecule has 0 aliphatic carbocycles. The number of hydrogen-bond donors (Lipinski definition) is 3. The fourth-order valence-electron chi connectivity index (χ4n) is 0.807. The van der Waals surface area contributed by atoms with Crippen molar-refractivity contribution in [3.63, 3.8) is 0 Å². The molecule has 0 unspecified atom stereocenters. The smallest absolute Gasteiger partial charge is 0.407 e. The maximum absolute atomic E-state index is 11.0. The lowest BCUT2D eigenvalue weighted by molar-refractivity contribution is -0.141. The van der Waals surface area contributed by atoms with Crippen molar-refractivity contribution in [2.24, 2.45) is 5.73 Å². The van der Waals surface area contributed by atoms with E-state index in [1.54, 1.807) is 0 Å². The molecule has 0 fully saturated rings. The normalized spacial score (nSPS) is 9.29. The van der Waals surface area contributed by atoms with Gasteiger partial charge in [-0.05, 0) is 0 Å². The van der Waals surface area contributed by atoms with Crippen LogP contribution >= 0.6 is 0 Å². The Balaban J connectivity index is 3.52. The van der Waals surface area contributed by atoms with Crippen molar-refractivity contribution in [2.45, 2.75) is 6.42 Å². The number of nitrogens with two attached hydrogens (primary N) is 1. The Morgan fingerprint density at radius 2 is 1.94 bits per heavy atom. The number of amides is 2. The topological polar surface area (TPSA) is 120 Å². The van der Waals surface area contributed by atoms with Gasteiger partial charge in [-0.3, -0.25) is 9.59 Å². The summed E-state index contributed by atoms with van der Waals surface area (Å²) in [5, 5.41) is 4.68. The molecule has 0 atom stereocenters. The van der Waals surface area contributed by atoms with E-state index in [2.05, 4.69) is 20.1 Å². The molecule has 0 rings (SSSR count). The van der Waals surface area contributed by atoms with Gasteiger partial charge in [0.2, 0.25) is 5.91 Å². The van der Waals surface area contributed by atoms with E-state index < -0.39 is 12.1 Å². The molecule has 17 heavy (non-hydrogen) atoms. The maximum Gasteiger partial charge on any atom is 0.407 e. The SMILES string of the molecule is COC(=O)CCOC(=O)NCC(=O)NCCN. The minimum atomic E-state index is -0.767. The third-order valence-corrected chi connectivity index (χ3v) is 1.63. The second-order valence-corrected chi connectivity index (χ2v) is 2.95. The number of carbonyl (C=O) groups excluding carboxylic acids is 3. The molecule has 2 amide bonds. The maximum atomic E-state index is 11.0. The van der Waals surface area contributed by atoms with Crippen molar-refractivity contribution in [2.75, 3.05) is 33.4 Å². The monoisotopic (exact) mass is 247 g/mol. The molecule has 0 heterocycles. The molecule has 0 aliphatic rings. The van der Waals surface area contributed by atoms with Crippen molar-refractivity contribution in [3.05, 3.63) is 0 Å². The Kier molecular flexibility index (Phi) is 8.39. The molecule has 0 spiro atoms. The standard InChI is InChI=1S/C9H17N3O5/c1-16-8(14)2-5-17-9(15)12-6-7(13)11-4-3-10/h2-6,10H2,1H3,(H,11,13)(H,12,15). The largest absolute Gasteiger partial charge is 0.469 e. The van der Waals surface area contributed by atoms with E-state index >= 15 is 0 Å². The molecule has 0 saturated heterocycles. The van der Waals surface area contributed by atoms with E-state index in [4.69, 9.17) is 5.73 Å². The van der Waals surface area contributed by atoms with E-state index in [0.717, 1.165) is 0 Å². The second kappa shape index (κ2) is 9.40. The van der Waals surface area contributed by atoms with Crippen LogP contribution in [0, 0.1) is 0 Å². The first-order valence-electron chi connectivity index (χ1n) is 5.04. The molecular formula is C9H17N3O5. The van der Waals surface area contributed by atoms with E-state index in [-0.39, 0.29) is 25.5 Å². The van der Waals surface area contributed by atoms with Gasteiger partial charge in [0.05, 0.1) is 20.1 Å². The molecule has 0 aromatic rings.